The fourth-order valence-electron chi connectivity index (χ4n) is 2.82. The van der Waals surface area contributed by atoms with E-state index in [4.69, 9.17) is 5.73 Å². The third-order valence-corrected chi connectivity index (χ3v) is 5.91. The lowest BCUT2D eigenvalue weighted by Crippen LogP contribution is -2.22. The summed E-state index contributed by atoms with van der Waals surface area (Å²) in [6, 6.07) is 8.27. The molecule has 3 rings (SSSR count). The van der Waals surface area contributed by atoms with Crippen molar-refractivity contribution in [2.45, 2.75) is 31.2 Å². The second-order valence-corrected chi connectivity index (χ2v) is 7.86. The average Bonchev–Trinajstić information content (AvgIpc) is 3.13. The van der Waals surface area contributed by atoms with Gasteiger partial charge in [-0.05, 0) is 42.2 Å². The SMILES string of the molecule is NC(c1cccc(C2CC2)c1)C1CCS(=O)(=O)C1. The third-order valence-electron chi connectivity index (χ3n) is 4.12. The molecule has 1 saturated carbocycles. The molecule has 1 aliphatic heterocycles. The molecule has 1 heterocycles. The van der Waals surface area contributed by atoms with Crippen molar-refractivity contribution >= 4 is 9.84 Å². The van der Waals surface area contributed by atoms with Crippen LogP contribution in [0.2, 0.25) is 0 Å². The molecular formula is C14H19NO2S. The van der Waals surface area contributed by atoms with E-state index in [0.29, 0.717) is 18.1 Å². The van der Waals surface area contributed by atoms with Crippen LogP contribution in [0.25, 0.3) is 0 Å². The van der Waals surface area contributed by atoms with Crippen LogP contribution in [0.5, 0.6) is 0 Å². The van der Waals surface area contributed by atoms with Crippen LogP contribution in [0.4, 0.5) is 0 Å². The van der Waals surface area contributed by atoms with Gasteiger partial charge in [0.25, 0.3) is 0 Å². The Balaban J connectivity index is 1.79. The Hall–Kier alpha value is -0.870. The number of hydrogen-bond donors (Lipinski definition) is 1. The molecular weight excluding hydrogens is 246 g/mol. The highest BCUT2D eigenvalue weighted by molar-refractivity contribution is 7.91. The van der Waals surface area contributed by atoms with Gasteiger partial charge < -0.3 is 5.73 Å². The zero-order valence-corrected chi connectivity index (χ0v) is 11.2. The monoisotopic (exact) mass is 265 g/mol. The van der Waals surface area contributed by atoms with Gasteiger partial charge in [0.1, 0.15) is 0 Å². The van der Waals surface area contributed by atoms with Crippen molar-refractivity contribution < 1.29 is 8.42 Å². The van der Waals surface area contributed by atoms with E-state index in [9.17, 15) is 8.42 Å². The molecule has 0 aromatic heterocycles. The Morgan fingerprint density at radius 1 is 1.22 bits per heavy atom. The van der Waals surface area contributed by atoms with Crippen LogP contribution in [-0.2, 0) is 9.84 Å². The molecule has 1 aliphatic carbocycles. The van der Waals surface area contributed by atoms with Crippen molar-refractivity contribution in [2.75, 3.05) is 11.5 Å². The van der Waals surface area contributed by atoms with Gasteiger partial charge in [-0.3, -0.25) is 0 Å². The van der Waals surface area contributed by atoms with Crippen molar-refractivity contribution in [1.29, 1.82) is 0 Å². The van der Waals surface area contributed by atoms with Gasteiger partial charge in [-0.25, -0.2) is 8.42 Å². The maximum Gasteiger partial charge on any atom is 0.150 e. The summed E-state index contributed by atoms with van der Waals surface area (Å²) in [4.78, 5) is 0. The first-order chi connectivity index (χ1) is 8.55. The molecule has 2 atom stereocenters. The number of nitrogens with two attached hydrogens (primary N) is 1. The summed E-state index contributed by atoms with van der Waals surface area (Å²) in [6.45, 7) is 0. The summed E-state index contributed by atoms with van der Waals surface area (Å²) >= 11 is 0. The zero-order chi connectivity index (χ0) is 12.8. The van der Waals surface area contributed by atoms with Gasteiger partial charge in [0.15, 0.2) is 9.84 Å². The van der Waals surface area contributed by atoms with Crippen molar-refractivity contribution in [3.63, 3.8) is 0 Å². The van der Waals surface area contributed by atoms with Crippen molar-refractivity contribution in [3.8, 4) is 0 Å². The largest absolute Gasteiger partial charge is 0.324 e. The van der Waals surface area contributed by atoms with Crippen molar-refractivity contribution in [1.82, 2.24) is 0 Å². The van der Waals surface area contributed by atoms with E-state index >= 15 is 0 Å². The molecule has 2 unspecified atom stereocenters. The average molecular weight is 265 g/mol. The minimum atomic E-state index is -2.84. The van der Waals surface area contributed by atoms with Crippen molar-refractivity contribution in [2.24, 2.45) is 11.7 Å². The Kier molecular flexibility index (Phi) is 2.94. The first kappa shape index (κ1) is 12.2. The summed E-state index contributed by atoms with van der Waals surface area (Å²) in [5, 5.41) is 0. The van der Waals surface area contributed by atoms with Crippen LogP contribution in [0.3, 0.4) is 0 Å². The Morgan fingerprint density at radius 2 is 2.00 bits per heavy atom. The molecule has 1 saturated heterocycles. The minimum Gasteiger partial charge on any atom is -0.324 e. The van der Waals surface area contributed by atoms with E-state index in [1.165, 1.54) is 18.4 Å². The Morgan fingerprint density at radius 3 is 2.61 bits per heavy atom. The molecule has 2 N–H and O–H groups in total. The van der Waals surface area contributed by atoms with E-state index in [0.717, 1.165) is 5.56 Å². The van der Waals surface area contributed by atoms with Crippen LogP contribution >= 0.6 is 0 Å². The number of benzene rings is 1. The molecule has 4 heteroatoms. The molecule has 2 fully saturated rings. The van der Waals surface area contributed by atoms with Gasteiger partial charge in [0.2, 0.25) is 0 Å². The highest BCUT2D eigenvalue weighted by Gasteiger charge is 2.33. The molecule has 2 aliphatic rings. The molecule has 18 heavy (non-hydrogen) atoms. The maximum atomic E-state index is 11.5. The topological polar surface area (TPSA) is 60.2 Å². The lowest BCUT2D eigenvalue weighted by Gasteiger charge is -2.19. The lowest BCUT2D eigenvalue weighted by atomic mass is 9.92. The molecule has 0 spiro atoms. The third kappa shape index (κ3) is 2.45. The summed E-state index contributed by atoms with van der Waals surface area (Å²) in [5.74, 6) is 1.35. The highest BCUT2D eigenvalue weighted by atomic mass is 32.2. The summed E-state index contributed by atoms with van der Waals surface area (Å²) in [7, 11) is -2.84. The smallest absolute Gasteiger partial charge is 0.150 e. The second-order valence-electron chi connectivity index (χ2n) is 5.63. The van der Waals surface area contributed by atoms with E-state index < -0.39 is 9.84 Å². The normalized spacial score (nSPS) is 28.2. The van der Waals surface area contributed by atoms with Crippen LogP contribution < -0.4 is 5.73 Å². The van der Waals surface area contributed by atoms with Gasteiger partial charge in [0, 0.05) is 6.04 Å². The highest BCUT2D eigenvalue weighted by Crippen LogP contribution is 2.41. The van der Waals surface area contributed by atoms with E-state index in [1.807, 2.05) is 12.1 Å². The summed E-state index contributed by atoms with van der Waals surface area (Å²) in [6.07, 6.45) is 3.25. The summed E-state index contributed by atoms with van der Waals surface area (Å²) in [5.41, 5.74) is 8.71. The number of rotatable bonds is 3. The van der Waals surface area contributed by atoms with Crippen LogP contribution in [0.1, 0.15) is 42.3 Å². The van der Waals surface area contributed by atoms with E-state index in [2.05, 4.69) is 12.1 Å². The van der Waals surface area contributed by atoms with Gasteiger partial charge in [-0.15, -0.1) is 0 Å². The zero-order valence-electron chi connectivity index (χ0n) is 10.4. The van der Waals surface area contributed by atoms with E-state index in [1.54, 1.807) is 0 Å². The minimum absolute atomic E-state index is 0.0875. The van der Waals surface area contributed by atoms with Crippen LogP contribution in [0.15, 0.2) is 24.3 Å². The Bertz CT molecular complexity index is 549. The molecule has 3 nitrogen and oxygen atoms in total. The van der Waals surface area contributed by atoms with Gasteiger partial charge in [-0.2, -0.15) is 0 Å². The second kappa shape index (κ2) is 4.35. The first-order valence-corrected chi connectivity index (χ1v) is 8.43. The quantitative estimate of drug-likeness (QED) is 0.909. The Labute approximate surface area is 108 Å². The fraction of sp³-hybridized carbons (Fsp3) is 0.571. The van der Waals surface area contributed by atoms with Gasteiger partial charge >= 0.3 is 0 Å². The number of hydrogen-bond acceptors (Lipinski definition) is 3. The van der Waals surface area contributed by atoms with Crippen LogP contribution in [0, 0.1) is 5.92 Å². The first-order valence-electron chi connectivity index (χ1n) is 6.61. The van der Waals surface area contributed by atoms with E-state index in [-0.39, 0.29) is 17.7 Å². The molecule has 1 aromatic carbocycles. The molecule has 1 aromatic rings. The predicted molar refractivity (Wildman–Crippen MR) is 72.1 cm³/mol. The lowest BCUT2D eigenvalue weighted by molar-refractivity contribution is 0.479. The molecule has 98 valence electrons. The fourth-order valence-corrected chi connectivity index (χ4v) is 4.67. The van der Waals surface area contributed by atoms with Crippen LogP contribution in [-0.4, -0.2) is 19.9 Å². The van der Waals surface area contributed by atoms with Crippen molar-refractivity contribution in [3.05, 3.63) is 35.4 Å². The van der Waals surface area contributed by atoms with Gasteiger partial charge in [-0.1, -0.05) is 24.3 Å². The summed E-state index contributed by atoms with van der Waals surface area (Å²) < 4.78 is 23.0. The maximum absolute atomic E-state index is 11.5. The molecule has 0 bridgehead atoms. The molecule has 0 amide bonds. The molecule has 0 radical (unpaired) electrons. The standard InChI is InChI=1S/C14H19NO2S/c15-14(13-6-7-18(16,17)9-13)12-3-1-2-11(8-12)10-4-5-10/h1-3,8,10,13-14H,4-7,9,15H2. The van der Waals surface area contributed by atoms with Gasteiger partial charge in [0.05, 0.1) is 11.5 Å². The number of sulfone groups is 1. The predicted octanol–water partition coefficient (Wildman–Crippen LogP) is 2.00.